The first kappa shape index (κ1) is 21.0. The van der Waals surface area contributed by atoms with Gasteiger partial charge in [0.15, 0.2) is 5.41 Å². The van der Waals surface area contributed by atoms with Gasteiger partial charge in [0, 0.05) is 0 Å². The molecule has 0 aromatic heterocycles. The van der Waals surface area contributed by atoms with Gasteiger partial charge < -0.3 is 9.47 Å². The number of esters is 2. The summed E-state index contributed by atoms with van der Waals surface area (Å²) in [6.07, 6.45) is 8.73. The van der Waals surface area contributed by atoms with Gasteiger partial charge in [0.2, 0.25) is 0 Å². The zero-order valence-corrected chi connectivity index (χ0v) is 16.1. The van der Waals surface area contributed by atoms with Gasteiger partial charge >= 0.3 is 11.9 Å². The minimum absolute atomic E-state index is 0.0366. The molecule has 4 nitrogen and oxygen atoms in total. The molecular weight excluding hydrogens is 304 g/mol. The largest absolute Gasteiger partial charge is 0.465 e. The molecule has 0 radical (unpaired) electrons. The van der Waals surface area contributed by atoms with Gasteiger partial charge in [-0.15, -0.1) is 0 Å². The summed E-state index contributed by atoms with van der Waals surface area (Å²) in [5, 5.41) is 0. The van der Waals surface area contributed by atoms with Crippen LogP contribution in [0.4, 0.5) is 0 Å². The third-order valence-electron chi connectivity index (χ3n) is 5.30. The Bertz CT molecular complexity index is 361. The molecule has 1 fully saturated rings. The van der Waals surface area contributed by atoms with E-state index in [0.29, 0.717) is 13.2 Å². The Morgan fingerprint density at radius 3 is 1.75 bits per heavy atom. The fourth-order valence-corrected chi connectivity index (χ4v) is 3.77. The van der Waals surface area contributed by atoms with Gasteiger partial charge in [0.25, 0.3) is 0 Å². The highest BCUT2D eigenvalue weighted by Crippen LogP contribution is 2.46. The summed E-state index contributed by atoms with van der Waals surface area (Å²) >= 11 is 0. The molecule has 0 atom stereocenters. The lowest BCUT2D eigenvalue weighted by Crippen LogP contribution is -2.52. The molecule has 0 N–H and O–H groups in total. The lowest BCUT2D eigenvalue weighted by molar-refractivity contribution is -0.183. The molecule has 0 aromatic rings. The van der Waals surface area contributed by atoms with Gasteiger partial charge in [-0.25, -0.2) is 0 Å². The Morgan fingerprint density at radius 2 is 1.38 bits per heavy atom. The summed E-state index contributed by atoms with van der Waals surface area (Å²) in [4.78, 5) is 26.1. The first-order valence-electron chi connectivity index (χ1n) is 9.86. The van der Waals surface area contributed by atoms with Crippen LogP contribution >= 0.6 is 0 Å². The molecule has 1 aliphatic carbocycles. The highest BCUT2D eigenvalue weighted by atomic mass is 16.6. The summed E-state index contributed by atoms with van der Waals surface area (Å²) in [7, 11) is 0. The Kier molecular flexibility index (Phi) is 9.38. The van der Waals surface area contributed by atoms with E-state index in [1.54, 1.807) is 0 Å². The molecule has 0 unspecified atom stereocenters. The van der Waals surface area contributed by atoms with Gasteiger partial charge in [-0.1, -0.05) is 59.8 Å². The molecule has 0 bridgehead atoms. The predicted octanol–water partition coefficient (Wildman–Crippen LogP) is 4.90. The lowest BCUT2D eigenvalue weighted by Gasteiger charge is -2.41. The van der Waals surface area contributed by atoms with Crippen LogP contribution in [0.3, 0.4) is 0 Å². The van der Waals surface area contributed by atoms with Gasteiger partial charge in [-0.3, -0.25) is 9.59 Å². The van der Waals surface area contributed by atoms with E-state index < -0.39 is 5.41 Å². The Hall–Kier alpha value is -1.06. The van der Waals surface area contributed by atoms with Crippen LogP contribution in [0.1, 0.15) is 85.5 Å². The summed E-state index contributed by atoms with van der Waals surface area (Å²) < 4.78 is 11.1. The number of unbranched alkanes of at least 4 members (excludes halogenated alkanes) is 2. The maximum atomic E-state index is 13.0. The smallest absolute Gasteiger partial charge is 0.324 e. The van der Waals surface area contributed by atoms with Gasteiger partial charge in [0.1, 0.15) is 0 Å². The molecule has 140 valence electrons. The molecule has 1 saturated carbocycles. The van der Waals surface area contributed by atoms with Crippen molar-refractivity contribution in [3.63, 3.8) is 0 Å². The van der Waals surface area contributed by atoms with Gasteiger partial charge in [-0.2, -0.15) is 0 Å². The quantitative estimate of drug-likeness (QED) is 0.322. The summed E-state index contributed by atoms with van der Waals surface area (Å²) in [6, 6.07) is 0. The van der Waals surface area contributed by atoms with E-state index in [1.807, 2.05) is 13.8 Å². The third-order valence-corrected chi connectivity index (χ3v) is 5.30. The summed E-state index contributed by atoms with van der Waals surface area (Å²) in [5.74, 6) is -0.808. The average molecular weight is 341 g/mol. The average Bonchev–Trinajstić information content (AvgIpc) is 2.56. The minimum atomic E-state index is -1.14. The molecule has 0 saturated heterocycles. The minimum Gasteiger partial charge on any atom is -0.465 e. The van der Waals surface area contributed by atoms with E-state index in [1.165, 1.54) is 6.42 Å². The van der Waals surface area contributed by atoms with E-state index in [9.17, 15) is 9.59 Å². The van der Waals surface area contributed by atoms with Crippen molar-refractivity contribution in [1.82, 2.24) is 0 Å². The summed E-state index contributed by atoms with van der Waals surface area (Å²) in [5.41, 5.74) is -1.14. The molecule has 1 aliphatic rings. The first-order valence-corrected chi connectivity index (χ1v) is 9.86. The van der Waals surface area contributed by atoms with Crippen LogP contribution in [0.5, 0.6) is 0 Å². The van der Waals surface area contributed by atoms with Crippen molar-refractivity contribution in [1.29, 1.82) is 0 Å². The van der Waals surface area contributed by atoms with Crippen LogP contribution in [0.2, 0.25) is 0 Å². The fourth-order valence-electron chi connectivity index (χ4n) is 3.77. The summed E-state index contributed by atoms with van der Waals surface area (Å²) in [6.45, 7) is 8.80. The highest BCUT2D eigenvalue weighted by Gasteiger charge is 2.56. The molecule has 0 heterocycles. The Labute approximate surface area is 147 Å². The number of carbonyl (C=O) groups is 2. The number of rotatable bonds is 10. The molecule has 24 heavy (non-hydrogen) atoms. The molecule has 1 rings (SSSR count). The second kappa shape index (κ2) is 10.7. The van der Waals surface area contributed by atoms with Crippen LogP contribution < -0.4 is 0 Å². The number of hydrogen-bond acceptors (Lipinski definition) is 4. The Morgan fingerprint density at radius 1 is 0.917 bits per heavy atom. The van der Waals surface area contributed by atoms with Crippen molar-refractivity contribution in [2.45, 2.75) is 85.5 Å². The molecule has 0 spiro atoms. The maximum Gasteiger partial charge on any atom is 0.324 e. The second-order valence-electron chi connectivity index (χ2n) is 7.34. The van der Waals surface area contributed by atoms with Crippen LogP contribution in [0, 0.1) is 17.3 Å². The van der Waals surface area contributed by atoms with Crippen molar-refractivity contribution in [2.75, 3.05) is 13.2 Å². The number of carbonyl (C=O) groups excluding carboxylic acids is 2. The Balaban J connectivity index is 3.03. The topological polar surface area (TPSA) is 52.6 Å². The van der Waals surface area contributed by atoms with Crippen LogP contribution in [0.15, 0.2) is 0 Å². The van der Waals surface area contributed by atoms with E-state index in [2.05, 4.69) is 13.8 Å². The molecule has 4 heteroatoms. The van der Waals surface area contributed by atoms with E-state index in [0.717, 1.165) is 51.4 Å². The van der Waals surface area contributed by atoms with Gasteiger partial charge in [-0.05, 0) is 37.5 Å². The SMILES string of the molecule is CCCCOC(=O)C(C(=O)OCCCC)(C(C)C)C1CCCCC1. The normalized spacial score (nSPS) is 16.2. The molecule has 0 aromatic carbocycles. The van der Waals surface area contributed by atoms with E-state index >= 15 is 0 Å². The zero-order chi connectivity index (χ0) is 18.0. The monoisotopic (exact) mass is 340 g/mol. The lowest BCUT2D eigenvalue weighted by atomic mass is 9.62. The van der Waals surface area contributed by atoms with Crippen molar-refractivity contribution in [3.8, 4) is 0 Å². The van der Waals surface area contributed by atoms with Gasteiger partial charge in [0.05, 0.1) is 13.2 Å². The van der Waals surface area contributed by atoms with Crippen molar-refractivity contribution in [3.05, 3.63) is 0 Å². The maximum absolute atomic E-state index is 13.0. The fraction of sp³-hybridized carbons (Fsp3) is 0.900. The molecule has 0 amide bonds. The van der Waals surface area contributed by atoms with E-state index in [-0.39, 0.29) is 23.8 Å². The standard InChI is InChI=1S/C20H36O4/c1-5-7-14-23-18(21)20(16(3)4,17-12-10-9-11-13-17)19(22)24-15-8-6-2/h16-17H,5-15H2,1-4H3. The van der Waals surface area contributed by atoms with Crippen molar-refractivity contribution in [2.24, 2.45) is 17.3 Å². The zero-order valence-electron chi connectivity index (χ0n) is 16.1. The van der Waals surface area contributed by atoms with Crippen molar-refractivity contribution >= 4 is 11.9 Å². The third kappa shape index (κ3) is 4.97. The highest BCUT2D eigenvalue weighted by molar-refractivity contribution is 6.00. The number of hydrogen-bond donors (Lipinski definition) is 0. The number of ether oxygens (including phenoxy) is 2. The predicted molar refractivity (Wildman–Crippen MR) is 95.6 cm³/mol. The van der Waals surface area contributed by atoms with Crippen molar-refractivity contribution < 1.29 is 19.1 Å². The first-order chi connectivity index (χ1) is 11.5. The second-order valence-corrected chi connectivity index (χ2v) is 7.34. The van der Waals surface area contributed by atoms with Crippen LogP contribution in [-0.2, 0) is 19.1 Å². The van der Waals surface area contributed by atoms with E-state index in [4.69, 9.17) is 9.47 Å². The molecule has 0 aliphatic heterocycles. The van der Waals surface area contributed by atoms with Crippen LogP contribution in [0.25, 0.3) is 0 Å². The molecular formula is C20H36O4. The van der Waals surface area contributed by atoms with Crippen LogP contribution in [-0.4, -0.2) is 25.2 Å².